The van der Waals surface area contributed by atoms with E-state index in [0.29, 0.717) is 12.6 Å². The summed E-state index contributed by atoms with van der Waals surface area (Å²) in [7, 11) is 0. The minimum Gasteiger partial charge on any atom is -0.379 e. The molecule has 132 valence electrons. The molecule has 1 N–H and O–H groups in total. The summed E-state index contributed by atoms with van der Waals surface area (Å²) in [6, 6.07) is 0.345. The fourth-order valence-corrected chi connectivity index (χ4v) is 3.39. The predicted molar refractivity (Wildman–Crippen MR) is 91.8 cm³/mol. The molecule has 0 aliphatic carbocycles. The Morgan fingerprint density at radius 1 is 1.38 bits per heavy atom. The second kappa shape index (κ2) is 8.39. The number of carbonyl (C=O) groups excluding carboxylic acids is 1. The lowest BCUT2D eigenvalue weighted by Gasteiger charge is -2.34. The van der Waals surface area contributed by atoms with E-state index in [0.717, 1.165) is 58.1 Å². The fraction of sp³-hybridized carbons (Fsp3) is 0.706. The molecule has 0 spiro atoms. The maximum Gasteiger partial charge on any atom is 0.224 e. The van der Waals surface area contributed by atoms with E-state index in [-0.39, 0.29) is 11.8 Å². The Balaban J connectivity index is 1.47. The lowest BCUT2D eigenvalue weighted by atomic mass is 9.97. The van der Waals surface area contributed by atoms with Gasteiger partial charge in [-0.15, -0.1) is 0 Å². The maximum absolute atomic E-state index is 12.5. The molecule has 3 rings (SSSR count). The zero-order chi connectivity index (χ0) is 16.8. The molecule has 0 bridgehead atoms. The number of hydrogen-bond acceptors (Lipinski definition) is 6. The SMILES string of the molecule is CC(CNC(=O)C1CCCN(c2cnccn2)C1)N1CCOCC1. The summed E-state index contributed by atoms with van der Waals surface area (Å²) in [6.07, 6.45) is 7.08. The number of piperidine rings is 1. The van der Waals surface area contributed by atoms with Crippen molar-refractivity contribution in [1.29, 1.82) is 0 Å². The zero-order valence-electron chi connectivity index (χ0n) is 14.4. The van der Waals surface area contributed by atoms with Gasteiger partial charge in [0.05, 0.1) is 25.3 Å². The fourth-order valence-electron chi connectivity index (χ4n) is 3.39. The molecule has 0 aromatic carbocycles. The first kappa shape index (κ1) is 17.1. The number of nitrogens with one attached hydrogen (secondary N) is 1. The van der Waals surface area contributed by atoms with Gasteiger partial charge in [0.2, 0.25) is 5.91 Å². The molecule has 1 aromatic heterocycles. The molecular weight excluding hydrogens is 306 g/mol. The van der Waals surface area contributed by atoms with E-state index in [1.807, 2.05) is 0 Å². The average Bonchev–Trinajstić information content (AvgIpc) is 2.67. The van der Waals surface area contributed by atoms with Crippen LogP contribution < -0.4 is 10.2 Å². The molecule has 7 nitrogen and oxygen atoms in total. The average molecular weight is 333 g/mol. The van der Waals surface area contributed by atoms with E-state index in [2.05, 4.69) is 32.0 Å². The Kier molecular flexibility index (Phi) is 5.98. The van der Waals surface area contributed by atoms with Crippen LogP contribution in [0.25, 0.3) is 0 Å². The molecule has 1 amide bonds. The first-order valence-corrected chi connectivity index (χ1v) is 8.84. The number of amides is 1. The van der Waals surface area contributed by atoms with Crippen molar-refractivity contribution in [3.05, 3.63) is 18.6 Å². The molecule has 2 saturated heterocycles. The van der Waals surface area contributed by atoms with Crippen LogP contribution in [0.4, 0.5) is 5.82 Å². The molecule has 7 heteroatoms. The molecule has 0 radical (unpaired) electrons. The number of ether oxygens (including phenoxy) is 1. The van der Waals surface area contributed by atoms with Crippen LogP contribution in [0.1, 0.15) is 19.8 Å². The van der Waals surface area contributed by atoms with Gasteiger partial charge in [-0.2, -0.15) is 0 Å². The number of rotatable bonds is 5. The largest absolute Gasteiger partial charge is 0.379 e. The second-order valence-electron chi connectivity index (χ2n) is 6.59. The topological polar surface area (TPSA) is 70.6 Å². The van der Waals surface area contributed by atoms with Crippen LogP contribution in [0.3, 0.4) is 0 Å². The van der Waals surface area contributed by atoms with Crippen molar-refractivity contribution in [1.82, 2.24) is 20.2 Å². The molecular formula is C17H27N5O2. The lowest BCUT2D eigenvalue weighted by molar-refractivity contribution is -0.125. The molecule has 2 unspecified atom stereocenters. The van der Waals surface area contributed by atoms with Gasteiger partial charge in [0.25, 0.3) is 0 Å². The van der Waals surface area contributed by atoms with E-state index >= 15 is 0 Å². The highest BCUT2D eigenvalue weighted by Gasteiger charge is 2.27. The minimum absolute atomic E-state index is 0.0256. The zero-order valence-corrected chi connectivity index (χ0v) is 14.4. The quantitative estimate of drug-likeness (QED) is 0.848. The summed E-state index contributed by atoms with van der Waals surface area (Å²) < 4.78 is 5.38. The molecule has 2 aliphatic rings. The smallest absolute Gasteiger partial charge is 0.224 e. The number of morpholine rings is 1. The normalized spacial score (nSPS) is 23.7. The minimum atomic E-state index is 0.0256. The van der Waals surface area contributed by atoms with Crippen molar-refractivity contribution in [3.8, 4) is 0 Å². The van der Waals surface area contributed by atoms with Crippen LogP contribution in [0.15, 0.2) is 18.6 Å². The highest BCUT2D eigenvalue weighted by atomic mass is 16.5. The van der Waals surface area contributed by atoms with Crippen molar-refractivity contribution in [2.75, 3.05) is 50.8 Å². The number of hydrogen-bond donors (Lipinski definition) is 1. The molecule has 2 atom stereocenters. The molecule has 3 heterocycles. The third-order valence-corrected chi connectivity index (χ3v) is 4.91. The molecule has 0 saturated carbocycles. The van der Waals surface area contributed by atoms with E-state index in [1.54, 1.807) is 18.6 Å². The monoisotopic (exact) mass is 333 g/mol. The Labute approximate surface area is 143 Å². The van der Waals surface area contributed by atoms with Gasteiger partial charge >= 0.3 is 0 Å². The van der Waals surface area contributed by atoms with Crippen molar-refractivity contribution in [3.63, 3.8) is 0 Å². The standard InChI is InChI=1S/C17H27N5O2/c1-14(21-7-9-24-10-8-21)11-20-17(23)15-3-2-6-22(13-15)16-12-18-4-5-19-16/h4-5,12,14-15H,2-3,6-11,13H2,1H3,(H,20,23). The van der Waals surface area contributed by atoms with Crippen molar-refractivity contribution < 1.29 is 9.53 Å². The van der Waals surface area contributed by atoms with Crippen molar-refractivity contribution in [2.45, 2.75) is 25.8 Å². The van der Waals surface area contributed by atoms with E-state index < -0.39 is 0 Å². The molecule has 1 aromatic rings. The van der Waals surface area contributed by atoms with E-state index in [9.17, 15) is 4.79 Å². The second-order valence-corrected chi connectivity index (χ2v) is 6.59. The van der Waals surface area contributed by atoms with Gasteiger partial charge in [-0.1, -0.05) is 0 Å². The van der Waals surface area contributed by atoms with Gasteiger partial charge in [0, 0.05) is 51.2 Å². The van der Waals surface area contributed by atoms with E-state index in [1.165, 1.54) is 0 Å². The third kappa shape index (κ3) is 4.42. The molecule has 2 fully saturated rings. The summed E-state index contributed by atoms with van der Waals surface area (Å²) in [5.41, 5.74) is 0. The highest BCUT2D eigenvalue weighted by molar-refractivity contribution is 5.79. The van der Waals surface area contributed by atoms with Crippen molar-refractivity contribution >= 4 is 11.7 Å². The van der Waals surface area contributed by atoms with Crippen LogP contribution in [-0.4, -0.2) is 72.8 Å². The van der Waals surface area contributed by atoms with Crippen LogP contribution in [-0.2, 0) is 9.53 Å². The van der Waals surface area contributed by atoms with Crippen molar-refractivity contribution in [2.24, 2.45) is 5.92 Å². The Morgan fingerprint density at radius 3 is 2.96 bits per heavy atom. The first-order chi connectivity index (χ1) is 11.7. The third-order valence-electron chi connectivity index (χ3n) is 4.91. The maximum atomic E-state index is 12.5. The van der Waals surface area contributed by atoms with Gasteiger partial charge < -0.3 is 15.0 Å². The summed E-state index contributed by atoms with van der Waals surface area (Å²) in [5.74, 6) is 1.04. The molecule has 2 aliphatic heterocycles. The number of carbonyl (C=O) groups is 1. The van der Waals surface area contributed by atoms with E-state index in [4.69, 9.17) is 4.74 Å². The van der Waals surface area contributed by atoms with Gasteiger partial charge in [-0.25, -0.2) is 4.98 Å². The predicted octanol–water partition coefficient (Wildman–Crippen LogP) is 0.530. The first-order valence-electron chi connectivity index (χ1n) is 8.84. The molecule has 24 heavy (non-hydrogen) atoms. The van der Waals surface area contributed by atoms with Gasteiger partial charge in [-0.05, 0) is 19.8 Å². The Hall–Kier alpha value is -1.73. The van der Waals surface area contributed by atoms with Crippen LogP contribution in [0, 0.1) is 5.92 Å². The number of aromatic nitrogens is 2. The number of anilines is 1. The highest BCUT2D eigenvalue weighted by Crippen LogP contribution is 2.21. The Morgan fingerprint density at radius 2 is 2.21 bits per heavy atom. The van der Waals surface area contributed by atoms with Gasteiger partial charge in [0.1, 0.15) is 5.82 Å². The van der Waals surface area contributed by atoms with Gasteiger partial charge in [0.15, 0.2) is 0 Å². The Bertz CT molecular complexity index is 521. The van der Waals surface area contributed by atoms with Gasteiger partial charge in [-0.3, -0.25) is 14.7 Å². The lowest BCUT2D eigenvalue weighted by Crippen LogP contribution is -2.49. The summed E-state index contributed by atoms with van der Waals surface area (Å²) >= 11 is 0. The summed E-state index contributed by atoms with van der Waals surface area (Å²) in [6.45, 7) is 7.98. The number of nitrogens with zero attached hydrogens (tertiary/aromatic N) is 4. The van der Waals surface area contributed by atoms with Crippen LogP contribution >= 0.6 is 0 Å². The summed E-state index contributed by atoms with van der Waals surface area (Å²) in [5, 5.41) is 3.14. The van der Waals surface area contributed by atoms with Crippen LogP contribution in [0.5, 0.6) is 0 Å². The summed E-state index contributed by atoms with van der Waals surface area (Å²) in [4.78, 5) is 25.5. The van der Waals surface area contributed by atoms with Crippen LogP contribution in [0.2, 0.25) is 0 Å².